The number of carbonyl (C=O) groups is 2. The van der Waals surface area contributed by atoms with Gasteiger partial charge in [0.15, 0.2) is 0 Å². The Kier molecular flexibility index (Phi) is 4.45. The minimum absolute atomic E-state index is 0.0252. The molecular weight excluding hydrogens is 310 g/mol. The van der Waals surface area contributed by atoms with Crippen LogP contribution in [0.3, 0.4) is 0 Å². The highest BCUT2D eigenvalue weighted by Gasteiger charge is 2.32. The molecule has 0 saturated carbocycles. The number of primary amides is 1. The number of benzene rings is 1. The lowest BCUT2D eigenvalue weighted by atomic mass is 9.97. The molecule has 3 N–H and O–H groups in total. The summed E-state index contributed by atoms with van der Waals surface area (Å²) in [7, 11) is 0. The summed E-state index contributed by atoms with van der Waals surface area (Å²) in [5, 5.41) is 4.71. The molecule has 1 fully saturated rings. The average molecular weight is 329 g/mol. The number of nitrogens with two attached hydrogens (primary N) is 1. The summed E-state index contributed by atoms with van der Waals surface area (Å²) >= 11 is 1.50. The van der Waals surface area contributed by atoms with Crippen LogP contribution >= 0.6 is 11.3 Å². The molecule has 1 atom stereocenters. The molecule has 2 aromatic rings. The zero-order valence-electron chi connectivity index (χ0n) is 12.9. The first-order chi connectivity index (χ1) is 11.1. The van der Waals surface area contributed by atoms with Crippen LogP contribution in [0.25, 0.3) is 0 Å². The highest BCUT2D eigenvalue weighted by Crippen LogP contribution is 2.28. The topological polar surface area (TPSA) is 75.4 Å². The predicted molar refractivity (Wildman–Crippen MR) is 90.2 cm³/mol. The first kappa shape index (κ1) is 15.7. The first-order valence-electron chi connectivity index (χ1n) is 7.51. The van der Waals surface area contributed by atoms with Gasteiger partial charge in [-0.05, 0) is 24.1 Å². The molecule has 2 heterocycles. The molecule has 0 spiro atoms. The van der Waals surface area contributed by atoms with E-state index in [9.17, 15) is 9.59 Å². The highest BCUT2D eigenvalue weighted by molar-refractivity contribution is 7.10. The number of nitrogens with one attached hydrogen (secondary N) is 1. The fraction of sp³-hybridized carbons (Fsp3) is 0.294. The van der Waals surface area contributed by atoms with Crippen molar-refractivity contribution in [3.63, 3.8) is 0 Å². The molecule has 6 heteroatoms. The van der Waals surface area contributed by atoms with Crippen molar-refractivity contribution in [2.45, 2.75) is 19.5 Å². The molecular formula is C17H19N3O2S. The average Bonchev–Trinajstić information content (AvgIpc) is 2.98. The van der Waals surface area contributed by atoms with Crippen LogP contribution in [-0.4, -0.2) is 29.8 Å². The van der Waals surface area contributed by atoms with Crippen LogP contribution in [0.15, 0.2) is 35.7 Å². The molecule has 0 aliphatic carbocycles. The highest BCUT2D eigenvalue weighted by atomic mass is 32.1. The molecule has 0 bridgehead atoms. The molecule has 0 radical (unpaired) electrons. The van der Waals surface area contributed by atoms with Crippen LogP contribution in [-0.2, 0) is 11.3 Å². The van der Waals surface area contributed by atoms with Crippen LogP contribution in [0.2, 0.25) is 0 Å². The summed E-state index contributed by atoms with van der Waals surface area (Å²) in [6.07, 6.45) is 0. The van der Waals surface area contributed by atoms with Gasteiger partial charge in [-0.15, -0.1) is 11.3 Å². The van der Waals surface area contributed by atoms with Gasteiger partial charge >= 0.3 is 0 Å². The Morgan fingerprint density at radius 3 is 2.91 bits per heavy atom. The van der Waals surface area contributed by atoms with Gasteiger partial charge in [0.1, 0.15) is 6.04 Å². The molecule has 1 aliphatic rings. The molecule has 3 rings (SSSR count). The van der Waals surface area contributed by atoms with E-state index in [0.717, 1.165) is 22.5 Å². The standard InChI is InChI=1S/C17H19N3O2S/c1-11-4-2-3-5-14(11)15-17(22)19-6-7-20(15)9-13-8-12(10-23-13)16(18)21/h2-5,8,10,15H,6-7,9H2,1H3,(H2,18,21)(H,19,22)/t15-/m1/s1. The Hall–Kier alpha value is -2.18. The zero-order valence-corrected chi connectivity index (χ0v) is 13.7. The number of hydrogen-bond donors (Lipinski definition) is 2. The predicted octanol–water partition coefficient (Wildman–Crippen LogP) is 1.83. The molecule has 1 saturated heterocycles. The lowest BCUT2D eigenvalue weighted by Crippen LogP contribution is -2.49. The van der Waals surface area contributed by atoms with Crippen molar-refractivity contribution in [2.75, 3.05) is 13.1 Å². The molecule has 1 aromatic carbocycles. The smallest absolute Gasteiger partial charge is 0.249 e. The quantitative estimate of drug-likeness (QED) is 0.898. The molecule has 0 unspecified atom stereocenters. The van der Waals surface area contributed by atoms with E-state index in [0.29, 0.717) is 18.7 Å². The van der Waals surface area contributed by atoms with Crippen molar-refractivity contribution in [1.82, 2.24) is 10.2 Å². The second-order valence-corrected chi connectivity index (χ2v) is 6.68. The number of aryl methyl sites for hydroxylation is 1. The second kappa shape index (κ2) is 6.52. The van der Waals surface area contributed by atoms with Crippen molar-refractivity contribution < 1.29 is 9.59 Å². The van der Waals surface area contributed by atoms with Gasteiger partial charge in [0.25, 0.3) is 0 Å². The van der Waals surface area contributed by atoms with E-state index >= 15 is 0 Å². The minimum atomic E-state index is -0.417. The number of thiophene rings is 1. The third-order valence-electron chi connectivity index (χ3n) is 4.09. The van der Waals surface area contributed by atoms with Crippen LogP contribution in [0.4, 0.5) is 0 Å². The summed E-state index contributed by atoms with van der Waals surface area (Å²) in [4.78, 5) is 26.9. The number of piperazine rings is 1. The molecule has 23 heavy (non-hydrogen) atoms. The number of amides is 2. The van der Waals surface area contributed by atoms with E-state index in [4.69, 9.17) is 5.73 Å². The van der Waals surface area contributed by atoms with E-state index in [1.807, 2.05) is 37.3 Å². The third-order valence-corrected chi connectivity index (χ3v) is 5.01. The second-order valence-electron chi connectivity index (χ2n) is 5.69. The van der Waals surface area contributed by atoms with E-state index in [-0.39, 0.29) is 11.9 Å². The number of carbonyl (C=O) groups excluding carboxylic acids is 2. The summed E-state index contributed by atoms with van der Waals surface area (Å²) in [6.45, 7) is 4.06. The monoisotopic (exact) mass is 329 g/mol. The summed E-state index contributed by atoms with van der Waals surface area (Å²) in [6, 6.07) is 9.46. The maximum atomic E-state index is 12.4. The van der Waals surface area contributed by atoms with Gasteiger partial charge in [-0.3, -0.25) is 14.5 Å². The van der Waals surface area contributed by atoms with E-state index in [2.05, 4.69) is 10.2 Å². The number of hydrogen-bond acceptors (Lipinski definition) is 4. The summed E-state index contributed by atoms with van der Waals surface area (Å²) in [5.74, 6) is -0.392. The van der Waals surface area contributed by atoms with Crippen LogP contribution in [0.1, 0.15) is 32.4 Å². The maximum Gasteiger partial charge on any atom is 0.249 e. The minimum Gasteiger partial charge on any atom is -0.366 e. The van der Waals surface area contributed by atoms with E-state index in [1.165, 1.54) is 11.3 Å². The van der Waals surface area contributed by atoms with Gasteiger partial charge < -0.3 is 11.1 Å². The van der Waals surface area contributed by atoms with Crippen molar-refractivity contribution >= 4 is 23.2 Å². The number of rotatable bonds is 4. The number of nitrogens with zero attached hydrogens (tertiary/aromatic N) is 1. The largest absolute Gasteiger partial charge is 0.366 e. The van der Waals surface area contributed by atoms with Crippen molar-refractivity contribution in [1.29, 1.82) is 0 Å². The molecule has 120 valence electrons. The lowest BCUT2D eigenvalue weighted by molar-refractivity contribution is -0.129. The van der Waals surface area contributed by atoms with Gasteiger partial charge in [-0.25, -0.2) is 0 Å². The zero-order chi connectivity index (χ0) is 16.4. The van der Waals surface area contributed by atoms with Crippen molar-refractivity contribution in [2.24, 2.45) is 5.73 Å². The van der Waals surface area contributed by atoms with Crippen molar-refractivity contribution in [3.8, 4) is 0 Å². The van der Waals surface area contributed by atoms with E-state index in [1.54, 1.807) is 5.38 Å². The Bertz CT molecular complexity index is 741. The molecule has 5 nitrogen and oxygen atoms in total. The first-order valence-corrected chi connectivity index (χ1v) is 8.38. The van der Waals surface area contributed by atoms with Crippen molar-refractivity contribution in [3.05, 3.63) is 57.3 Å². The summed E-state index contributed by atoms with van der Waals surface area (Å²) in [5.41, 5.74) is 7.96. The fourth-order valence-electron chi connectivity index (χ4n) is 2.91. The SMILES string of the molecule is Cc1ccccc1[C@@H]1C(=O)NCCN1Cc1cc(C(N)=O)cs1. The van der Waals surface area contributed by atoms with E-state index < -0.39 is 5.91 Å². The third kappa shape index (κ3) is 3.28. The van der Waals surface area contributed by atoms with Gasteiger partial charge in [0.05, 0.1) is 5.56 Å². The van der Waals surface area contributed by atoms with Crippen LogP contribution in [0, 0.1) is 6.92 Å². The van der Waals surface area contributed by atoms with Gasteiger partial charge in [0, 0.05) is 29.9 Å². The Morgan fingerprint density at radius 1 is 1.43 bits per heavy atom. The Morgan fingerprint density at radius 2 is 2.22 bits per heavy atom. The fourth-order valence-corrected chi connectivity index (χ4v) is 3.81. The Balaban J connectivity index is 1.87. The van der Waals surface area contributed by atoms with Gasteiger partial charge in [0.2, 0.25) is 11.8 Å². The summed E-state index contributed by atoms with van der Waals surface area (Å²) < 4.78 is 0. The lowest BCUT2D eigenvalue weighted by Gasteiger charge is -2.35. The van der Waals surface area contributed by atoms with Gasteiger partial charge in [-0.1, -0.05) is 24.3 Å². The maximum absolute atomic E-state index is 12.4. The van der Waals surface area contributed by atoms with Crippen LogP contribution in [0.5, 0.6) is 0 Å². The molecule has 1 aromatic heterocycles. The van der Waals surface area contributed by atoms with Crippen LogP contribution < -0.4 is 11.1 Å². The normalized spacial score (nSPS) is 18.7. The van der Waals surface area contributed by atoms with Gasteiger partial charge in [-0.2, -0.15) is 0 Å². The molecule has 1 aliphatic heterocycles. The molecule has 2 amide bonds. The Labute approximate surface area is 139 Å².